The van der Waals surface area contributed by atoms with E-state index >= 15 is 0 Å². The lowest BCUT2D eigenvalue weighted by atomic mass is 10.1. The van der Waals surface area contributed by atoms with E-state index in [4.69, 9.17) is 16.3 Å². The number of ether oxygens (including phenoxy) is 1. The third-order valence-electron chi connectivity index (χ3n) is 4.98. The SMILES string of the molecule is COC1CCCN(CC(=O)c2cc(C)n(-c3ccc(Cl)cc3)c2C)C1. The molecule has 0 radical (unpaired) electrons. The lowest BCUT2D eigenvalue weighted by Gasteiger charge is -2.31. The molecule has 0 amide bonds. The lowest BCUT2D eigenvalue weighted by Crippen LogP contribution is -2.41. The minimum absolute atomic E-state index is 0.171. The van der Waals surface area contributed by atoms with Crippen LogP contribution in [0.25, 0.3) is 5.69 Å². The van der Waals surface area contributed by atoms with Gasteiger partial charge in [-0.05, 0) is 63.6 Å². The summed E-state index contributed by atoms with van der Waals surface area (Å²) in [7, 11) is 1.75. The summed E-state index contributed by atoms with van der Waals surface area (Å²) in [4.78, 5) is 15.1. The molecule has 2 aromatic rings. The fraction of sp³-hybridized carbons (Fsp3) is 0.450. The molecule has 0 bridgehead atoms. The number of carbonyl (C=O) groups is 1. The largest absolute Gasteiger partial charge is 0.380 e. The second-order valence-corrected chi connectivity index (χ2v) is 7.19. The Morgan fingerprint density at radius 3 is 2.68 bits per heavy atom. The Kier molecular flexibility index (Phi) is 5.62. The molecule has 4 nitrogen and oxygen atoms in total. The molecule has 0 aliphatic carbocycles. The van der Waals surface area contributed by atoms with Gasteiger partial charge in [0.2, 0.25) is 0 Å². The van der Waals surface area contributed by atoms with Crippen molar-refractivity contribution in [2.24, 2.45) is 0 Å². The van der Waals surface area contributed by atoms with E-state index in [9.17, 15) is 4.79 Å². The molecule has 0 spiro atoms. The van der Waals surface area contributed by atoms with E-state index in [1.165, 1.54) is 0 Å². The number of methoxy groups -OCH3 is 1. The summed E-state index contributed by atoms with van der Waals surface area (Å²) in [5.74, 6) is 0.171. The number of benzene rings is 1. The first kappa shape index (κ1) is 18.2. The molecule has 1 fully saturated rings. The summed E-state index contributed by atoms with van der Waals surface area (Å²) in [5, 5.41) is 0.709. The molecule has 5 heteroatoms. The van der Waals surface area contributed by atoms with Gasteiger partial charge in [0.05, 0.1) is 12.6 Å². The van der Waals surface area contributed by atoms with Crippen molar-refractivity contribution in [1.82, 2.24) is 9.47 Å². The number of likely N-dealkylation sites (tertiary alicyclic amines) is 1. The zero-order valence-electron chi connectivity index (χ0n) is 15.1. The van der Waals surface area contributed by atoms with Gasteiger partial charge < -0.3 is 9.30 Å². The Bertz CT molecular complexity index is 752. The van der Waals surface area contributed by atoms with Crippen molar-refractivity contribution in [2.75, 3.05) is 26.7 Å². The van der Waals surface area contributed by atoms with Gasteiger partial charge in [-0.3, -0.25) is 9.69 Å². The number of ketones is 1. The number of halogens is 1. The molecule has 1 aromatic heterocycles. The zero-order valence-corrected chi connectivity index (χ0v) is 15.8. The Morgan fingerprint density at radius 2 is 2.00 bits per heavy atom. The van der Waals surface area contributed by atoms with E-state index in [1.807, 2.05) is 44.2 Å². The third kappa shape index (κ3) is 3.97. The highest BCUT2D eigenvalue weighted by molar-refractivity contribution is 6.30. The number of hydrogen-bond donors (Lipinski definition) is 0. The molecule has 3 rings (SSSR count). The highest BCUT2D eigenvalue weighted by Gasteiger charge is 2.23. The first-order valence-corrected chi connectivity index (χ1v) is 9.10. The van der Waals surface area contributed by atoms with Gasteiger partial charge in [0.1, 0.15) is 0 Å². The molecule has 1 aromatic carbocycles. The second-order valence-electron chi connectivity index (χ2n) is 6.75. The van der Waals surface area contributed by atoms with Crippen LogP contribution in [0.3, 0.4) is 0 Å². The van der Waals surface area contributed by atoms with Crippen LogP contribution in [0.4, 0.5) is 0 Å². The summed E-state index contributed by atoms with van der Waals surface area (Å²) in [5.41, 5.74) is 3.85. The Morgan fingerprint density at radius 1 is 1.28 bits per heavy atom. The van der Waals surface area contributed by atoms with Gasteiger partial charge >= 0.3 is 0 Å². The predicted molar refractivity (Wildman–Crippen MR) is 101 cm³/mol. The van der Waals surface area contributed by atoms with Gasteiger partial charge in [-0.1, -0.05) is 11.6 Å². The molecule has 0 saturated carbocycles. The molecule has 2 heterocycles. The lowest BCUT2D eigenvalue weighted by molar-refractivity contribution is 0.0314. The molecule has 134 valence electrons. The summed E-state index contributed by atoms with van der Waals surface area (Å²) in [6.07, 6.45) is 2.39. The number of piperidine rings is 1. The van der Waals surface area contributed by atoms with E-state index in [0.29, 0.717) is 11.6 Å². The van der Waals surface area contributed by atoms with Crippen LogP contribution in [0.5, 0.6) is 0 Å². The van der Waals surface area contributed by atoms with E-state index < -0.39 is 0 Å². The normalized spacial score (nSPS) is 18.5. The standard InChI is InChI=1S/C20H25ClN2O2/c1-14-11-19(15(2)23(14)17-8-6-16(21)7-9-17)20(24)13-22-10-4-5-18(12-22)25-3/h6-9,11,18H,4-5,10,12-13H2,1-3H3. The van der Waals surface area contributed by atoms with Crippen molar-refractivity contribution in [2.45, 2.75) is 32.8 Å². The van der Waals surface area contributed by atoms with Crippen molar-refractivity contribution in [3.63, 3.8) is 0 Å². The van der Waals surface area contributed by atoms with Gasteiger partial charge in [0.25, 0.3) is 0 Å². The first-order valence-electron chi connectivity index (χ1n) is 8.73. The van der Waals surface area contributed by atoms with Crippen molar-refractivity contribution in [3.8, 4) is 5.69 Å². The topological polar surface area (TPSA) is 34.5 Å². The third-order valence-corrected chi connectivity index (χ3v) is 5.23. The van der Waals surface area contributed by atoms with E-state index in [-0.39, 0.29) is 11.9 Å². The molecule has 1 unspecified atom stereocenters. The van der Waals surface area contributed by atoms with E-state index in [2.05, 4.69) is 9.47 Å². The van der Waals surface area contributed by atoms with Crippen molar-refractivity contribution >= 4 is 17.4 Å². The van der Waals surface area contributed by atoms with Crippen LogP contribution in [-0.4, -0.2) is 48.1 Å². The van der Waals surface area contributed by atoms with Crippen molar-refractivity contribution in [3.05, 3.63) is 52.3 Å². The van der Waals surface area contributed by atoms with Crippen molar-refractivity contribution in [1.29, 1.82) is 0 Å². The maximum Gasteiger partial charge on any atom is 0.178 e. The van der Waals surface area contributed by atoms with Gasteiger partial charge in [-0.25, -0.2) is 0 Å². The Hall–Kier alpha value is -1.62. The van der Waals surface area contributed by atoms with Crippen LogP contribution >= 0.6 is 11.6 Å². The molecule has 1 atom stereocenters. The van der Waals surface area contributed by atoms with Crippen LogP contribution in [0.1, 0.15) is 34.6 Å². The number of aromatic nitrogens is 1. The van der Waals surface area contributed by atoms with Crippen LogP contribution in [-0.2, 0) is 4.74 Å². The first-order chi connectivity index (χ1) is 12.0. The summed E-state index contributed by atoms with van der Waals surface area (Å²) in [6, 6.07) is 9.69. The predicted octanol–water partition coefficient (Wildman–Crippen LogP) is 4.04. The van der Waals surface area contributed by atoms with Crippen molar-refractivity contribution < 1.29 is 9.53 Å². The Balaban J connectivity index is 1.80. The quantitative estimate of drug-likeness (QED) is 0.755. The van der Waals surface area contributed by atoms with Crippen LogP contribution in [0, 0.1) is 13.8 Å². The number of carbonyl (C=O) groups excluding carboxylic acids is 1. The number of Topliss-reactive ketones (excluding diaryl/α,β-unsaturated/α-hetero) is 1. The summed E-state index contributed by atoms with van der Waals surface area (Å²) >= 11 is 5.99. The number of nitrogens with zero attached hydrogens (tertiary/aromatic N) is 2. The zero-order chi connectivity index (χ0) is 18.0. The molecule has 25 heavy (non-hydrogen) atoms. The minimum atomic E-state index is 0.171. The van der Waals surface area contributed by atoms with Crippen LogP contribution in [0.15, 0.2) is 30.3 Å². The maximum absolute atomic E-state index is 12.9. The molecule has 0 N–H and O–H groups in total. The number of rotatable bonds is 5. The highest BCUT2D eigenvalue weighted by atomic mass is 35.5. The molecular formula is C20H25ClN2O2. The minimum Gasteiger partial charge on any atom is -0.380 e. The van der Waals surface area contributed by atoms with Gasteiger partial charge in [-0.15, -0.1) is 0 Å². The summed E-state index contributed by atoms with van der Waals surface area (Å²) in [6.45, 7) is 6.27. The smallest absolute Gasteiger partial charge is 0.178 e. The summed E-state index contributed by atoms with van der Waals surface area (Å²) < 4.78 is 7.56. The highest BCUT2D eigenvalue weighted by Crippen LogP contribution is 2.23. The maximum atomic E-state index is 12.9. The van der Waals surface area contributed by atoms with E-state index in [0.717, 1.165) is 48.6 Å². The molecular weight excluding hydrogens is 336 g/mol. The number of hydrogen-bond acceptors (Lipinski definition) is 3. The second kappa shape index (κ2) is 7.73. The van der Waals surface area contributed by atoms with Gasteiger partial charge in [0, 0.05) is 41.3 Å². The fourth-order valence-electron chi connectivity index (χ4n) is 3.67. The Labute approximate surface area is 154 Å². The molecule has 1 aliphatic heterocycles. The molecule has 1 aliphatic rings. The van der Waals surface area contributed by atoms with Gasteiger partial charge in [0.15, 0.2) is 5.78 Å². The monoisotopic (exact) mass is 360 g/mol. The number of aryl methyl sites for hydroxylation is 1. The van der Waals surface area contributed by atoms with Crippen LogP contribution < -0.4 is 0 Å². The average Bonchev–Trinajstić information content (AvgIpc) is 2.90. The van der Waals surface area contributed by atoms with E-state index in [1.54, 1.807) is 7.11 Å². The van der Waals surface area contributed by atoms with Gasteiger partial charge in [-0.2, -0.15) is 0 Å². The molecule has 1 saturated heterocycles. The fourth-order valence-corrected chi connectivity index (χ4v) is 3.80. The average molecular weight is 361 g/mol. The van der Waals surface area contributed by atoms with Crippen LogP contribution in [0.2, 0.25) is 5.02 Å².